The molecule has 156 valence electrons. The number of rotatable bonds is 4. The first kappa shape index (κ1) is 21.4. The van der Waals surface area contributed by atoms with Crippen LogP contribution in [0.2, 0.25) is 0 Å². The number of piperidine rings is 1. The van der Waals surface area contributed by atoms with E-state index in [0.29, 0.717) is 24.3 Å². The van der Waals surface area contributed by atoms with Gasteiger partial charge in [-0.05, 0) is 70.9 Å². The molecule has 0 unspecified atom stereocenters. The fourth-order valence-corrected chi connectivity index (χ4v) is 5.15. The van der Waals surface area contributed by atoms with Crippen LogP contribution in [0.15, 0.2) is 23.0 Å². The molecule has 2 fully saturated rings. The van der Waals surface area contributed by atoms with E-state index >= 15 is 0 Å². The number of likely N-dealkylation sites (tertiary alicyclic amines) is 1. The van der Waals surface area contributed by atoms with Gasteiger partial charge in [-0.15, -0.1) is 12.4 Å². The van der Waals surface area contributed by atoms with Gasteiger partial charge in [0.2, 0.25) is 0 Å². The number of H-pyrrole nitrogens is 1. The van der Waals surface area contributed by atoms with E-state index in [1.807, 2.05) is 16.7 Å². The van der Waals surface area contributed by atoms with Gasteiger partial charge in [0.15, 0.2) is 0 Å². The van der Waals surface area contributed by atoms with E-state index in [1.165, 1.54) is 31.2 Å². The van der Waals surface area contributed by atoms with Crippen molar-refractivity contribution >= 4 is 23.4 Å². The van der Waals surface area contributed by atoms with Crippen LogP contribution >= 0.6 is 12.4 Å². The second-order valence-corrected chi connectivity index (χ2v) is 8.65. The molecule has 2 aliphatic rings. The fourth-order valence-electron chi connectivity index (χ4n) is 5.15. The number of para-hydroxylation sites is 1. The molecule has 1 saturated heterocycles. The summed E-state index contributed by atoms with van der Waals surface area (Å²) in [6, 6.07) is 7.12. The minimum absolute atomic E-state index is 0. The Hall–Kier alpha value is -1.30. The average molecular weight is 408 g/mol. The Bertz CT molecular complexity index is 828. The molecule has 6 heteroatoms. The first-order chi connectivity index (χ1) is 13.0. The second kappa shape index (κ2) is 9.02. The second-order valence-electron chi connectivity index (χ2n) is 8.65. The first-order valence-corrected chi connectivity index (χ1v) is 10.6. The molecule has 28 heavy (non-hydrogen) atoms. The number of nitrogens with one attached hydrogen (secondary N) is 1. The molecule has 1 aromatic heterocycles. The van der Waals surface area contributed by atoms with Gasteiger partial charge in [0.25, 0.3) is 0 Å². The Morgan fingerprint density at radius 2 is 1.71 bits per heavy atom. The SMILES string of the molecule is Cc1cccc2[nH]c(=O)n(C3CCN(C4CCC(OC(C)C)CC4)CC3)c12.Cl. The van der Waals surface area contributed by atoms with Crippen LogP contribution in [0.4, 0.5) is 0 Å². The predicted molar refractivity (Wildman–Crippen MR) is 117 cm³/mol. The number of imidazole rings is 1. The van der Waals surface area contributed by atoms with E-state index in [0.717, 1.165) is 37.0 Å². The minimum Gasteiger partial charge on any atom is -0.376 e. The smallest absolute Gasteiger partial charge is 0.326 e. The predicted octanol–water partition coefficient (Wildman–Crippen LogP) is 4.43. The maximum atomic E-state index is 12.6. The highest BCUT2D eigenvalue weighted by Crippen LogP contribution is 2.31. The van der Waals surface area contributed by atoms with E-state index in [1.54, 1.807) is 0 Å². The number of aromatic amines is 1. The quantitative estimate of drug-likeness (QED) is 0.815. The van der Waals surface area contributed by atoms with Crippen LogP contribution in [0, 0.1) is 6.92 Å². The lowest BCUT2D eigenvalue weighted by Crippen LogP contribution is -2.45. The van der Waals surface area contributed by atoms with Crippen molar-refractivity contribution in [3.8, 4) is 0 Å². The third kappa shape index (κ3) is 4.32. The van der Waals surface area contributed by atoms with Crippen LogP contribution in [-0.2, 0) is 4.74 Å². The van der Waals surface area contributed by atoms with Crippen molar-refractivity contribution in [3.63, 3.8) is 0 Å². The normalized spacial score (nSPS) is 24.6. The van der Waals surface area contributed by atoms with Gasteiger partial charge in [-0.1, -0.05) is 12.1 Å². The summed E-state index contributed by atoms with van der Waals surface area (Å²) in [5, 5.41) is 0. The largest absolute Gasteiger partial charge is 0.376 e. The average Bonchev–Trinajstić information content (AvgIpc) is 2.99. The van der Waals surface area contributed by atoms with Gasteiger partial charge in [-0.25, -0.2) is 4.79 Å². The van der Waals surface area contributed by atoms with Crippen molar-refractivity contribution in [2.75, 3.05) is 13.1 Å². The fraction of sp³-hybridized carbons (Fsp3) is 0.682. The van der Waals surface area contributed by atoms with Crippen molar-refractivity contribution in [1.29, 1.82) is 0 Å². The molecule has 1 aliphatic heterocycles. The summed E-state index contributed by atoms with van der Waals surface area (Å²) < 4.78 is 8.02. The molecule has 1 N–H and O–H groups in total. The van der Waals surface area contributed by atoms with E-state index in [4.69, 9.17) is 4.74 Å². The van der Waals surface area contributed by atoms with Crippen LogP contribution in [0.25, 0.3) is 11.0 Å². The van der Waals surface area contributed by atoms with Gasteiger partial charge in [-0.2, -0.15) is 0 Å². The topological polar surface area (TPSA) is 50.3 Å². The van der Waals surface area contributed by atoms with Gasteiger partial charge >= 0.3 is 5.69 Å². The number of halogens is 1. The summed E-state index contributed by atoms with van der Waals surface area (Å²) >= 11 is 0. The lowest BCUT2D eigenvalue weighted by atomic mass is 9.90. The standard InChI is InChI=1S/C22H33N3O2.ClH/c1-15(2)27-19-9-7-17(8-10-19)24-13-11-18(12-14-24)25-21-16(3)5-4-6-20(21)23-22(25)26;/h4-6,15,17-19H,7-14H2,1-3H3,(H,23,26);1H. The highest BCUT2D eigenvalue weighted by atomic mass is 35.5. The molecule has 0 bridgehead atoms. The number of nitrogens with zero attached hydrogens (tertiary/aromatic N) is 2. The molecule has 0 spiro atoms. The van der Waals surface area contributed by atoms with E-state index in [-0.39, 0.29) is 18.1 Å². The summed E-state index contributed by atoms with van der Waals surface area (Å²) in [4.78, 5) is 18.3. The van der Waals surface area contributed by atoms with Gasteiger partial charge in [0, 0.05) is 25.2 Å². The van der Waals surface area contributed by atoms with E-state index in [9.17, 15) is 4.79 Å². The number of benzene rings is 1. The lowest BCUT2D eigenvalue weighted by Gasteiger charge is -2.41. The van der Waals surface area contributed by atoms with Gasteiger partial charge in [0.05, 0.1) is 23.2 Å². The molecule has 0 amide bonds. The molecule has 1 saturated carbocycles. The third-order valence-corrected chi connectivity index (χ3v) is 6.43. The van der Waals surface area contributed by atoms with Crippen LogP contribution in [-0.4, -0.2) is 45.8 Å². The number of hydrogen-bond donors (Lipinski definition) is 1. The highest BCUT2D eigenvalue weighted by Gasteiger charge is 2.31. The first-order valence-electron chi connectivity index (χ1n) is 10.6. The molecule has 1 aromatic carbocycles. The molecule has 4 rings (SSSR count). The zero-order chi connectivity index (χ0) is 19.0. The van der Waals surface area contributed by atoms with Gasteiger partial charge in [0.1, 0.15) is 0 Å². The molecule has 2 aromatic rings. The molecule has 2 heterocycles. The van der Waals surface area contributed by atoms with Crippen molar-refractivity contribution in [2.24, 2.45) is 0 Å². The highest BCUT2D eigenvalue weighted by molar-refractivity contribution is 5.85. The van der Waals surface area contributed by atoms with Crippen LogP contribution in [0.5, 0.6) is 0 Å². The summed E-state index contributed by atoms with van der Waals surface area (Å²) in [5.41, 5.74) is 3.28. The van der Waals surface area contributed by atoms with Crippen LogP contribution < -0.4 is 5.69 Å². The number of aromatic nitrogens is 2. The van der Waals surface area contributed by atoms with Crippen LogP contribution in [0.1, 0.15) is 64.0 Å². The lowest BCUT2D eigenvalue weighted by molar-refractivity contribution is -0.0289. The molecule has 1 aliphatic carbocycles. The van der Waals surface area contributed by atoms with Crippen molar-refractivity contribution < 1.29 is 4.74 Å². The van der Waals surface area contributed by atoms with Crippen molar-refractivity contribution in [1.82, 2.24) is 14.5 Å². The summed E-state index contributed by atoms with van der Waals surface area (Å²) in [6.07, 6.45) is 7.76. The number of hydrogen-bond acceptors (Lipinski definition) is 3. The van der Waals surface area contributed by atoms with E-state index in [2.05, 4.69) is 36.7 Å². The van der Waals surface area contributed by atoms with E-state index < -0.39 is 0 Å². The Kier molecular flexibility index (Phi) is 6.89. The Morgan fingerprint density at radius 1 is 1.04 bits per heavy atom. The summed E-state index contributed by atoms with van der Waals surface area (Å²) in [7, 11) is 0. The zero-order valence-corrected chi connectivity index (χ0v) is 18.1. The maximum absolute atomic E-state index is 12.6. The molecule has 5 nitrogen and oxygen atoms in total. The van der Waals surface area contributed by atoms with Crippen LogP contribution in [0.3, 0.4) is 0 Å². The Morgan fingerprint density at radius 3 is 2.36 bits per heavy atom. The third-order valence-electron chi connectivity index (χ3n) is 6.43. The van der Waals surface area contributed by atoms with Gasteiger partial charge < -0.3 is 14.6 Å². The van der Waals surface area contributed by atoms with Crippen molar-refractivity contribution in [2.45, 2.75) is 83.6 Å². The molecule has 0 atom stereocenters. The number of ether oxygens (including phenoxy) is 1. The Labute approximate surface area is 173 Å². The number of aryl methyl sites for hydroxylation is 1. The Balaban J connectivity index is 0.00000225. The molecular weight excluding hydrogens is 374 g/mol. The summed E-state index contributed by atoms with van der Waals surface area (Å²) in [5.74, 6) is 0. The van der Waals surface area contributed by atoms with Gasteiger partial charge in [-0.3, -0.25) is 4.57 Å². The number of fused-ring (bicyclic) bond motifs is 1. The molecule has 0 radical (unpaired) electrons. The zero-order valence-electron chi connectivity index (χ0n) is 17.3. The summed E-state index contributed by atoms with van der Waals surface area (Å²) in [6.45, 7) is 8.54. The minimum atomic E-state index is 0. The maximum Gasteiger partial charge on any atom is 0.326 e. The van der Waals surface area contributed by atoms with Crippen molar-refractivity contribution in [3.05, 3.63) is 34.2 Å². The monoisotopic (exact) mass is 407 g/mol. The molecular formula is C22H34ClN3O2.